The first kappa shape index (κ1) is 15.4. The highest BCUT2D eigenvalue weighted by Crippen LogP contribution is 2.31. The molecule has 0 aliphatic heterocycles. The van der Waals surface area contributed by atoms with Crippen LogP contribution >= 0.6 is 0 Å². The summed E-state index contributed by atoms with van der Waals surface area (Å²) in [7, 11) is 3.08. The molecule has 0 atom stereocenters. The highest BCUT2D eigenvalue weighted by molar-refractivity contribution is 6.06. The Morgan fingerprint density at radius 2 is 1.77 bits per heavy atom. The topological polar surface area (TPSA) is 71.3 Å². The van der Waals surface area contributed by atoms with E-state index in [0.29, 0.717) is 28.3 Å². The first-order chi connectivity index (χ1) is 10.6. The number of carbonyl (C=O) groups excluding carboxylic acids is 1. The Morgan fingerprint density at radius 3 is 2.32 bits per heavy atom. The molecule has 112 valence electrons. The van der Waals surface area contributed by atoms with Crippen molar-refractivity contribution >= 4 is 11.6 Å². The predicted molar refractivity (Wildman–Crippen MR) is 83.4 cm³/mol. The fourth-order valence-corrected chi connectivity index (χ4v) is 2.16. The second-order valence-corrected chi connectivity index (χ2v) is 4.62. The van der Waals surface area contributed by atoms with Crippen molar-refractivity contribution in [3.05, 3.63) is 53.1 Å². The molecule has 0 saturated heterocycles. The van der Waals surface area contributed by atoms with Crippen molar-refractivity contribution < 1.29 is 14.3 Å². The van der Waals surface area contributed by atoms with E-state index in [1.54, 1.807) is 43.5 Å². The van der Waals surface area contributed by atoms with Crippen LogP contribution in [-0.4, -0.2) is 20.1 Å². The Labute approximate surface area is 129 Å². The molecule has 0 saturated carbocycles. The lowest BCUT2D eigenvalue weighted by Gasteiger charge is -2.14. The van der Waals surface area contributed by atoms with Gasteiger partial charge in [0.1, 0.15) is 11.5 Å². The molecule has 0 bridgehead atoms. The van der Waals surface area contributed by atoms with Crippen molar-refractivity contribution in [1.29, 1.82) is 5.26 Å². The fraction of sp³-hybridized carbons (Fsp3) is 0.176. The van der Waals surface area contributed by atoms with Gasteiger partial charge in [0.25, 0.3) is 5.91 Å². The lowest BCUT2D eigenvalue weighted by atomic mass is 10.1. The molecule has 0 radical (unpaired) electrons. The molecular weight excluding hydrogens is 280 g/mol. The number of carbonyl (C=O) groups is 1. The van der Waals surface area contributed by atoms with E-state index in [1.807, 2.05) is 13.0 Å². The lowest BCUT2D eigenvalue weighted by Crippen LogP contribution is -2.14. The van der Waals surface area contributed by atoms with Crippen LogP contribution in [0.5, 0.6) is 11.5 Å². The summed E-state index contributed by atoms with van der Waals surface area (Å²) in [6, 6.07) is 12.1. The zero-order valence-corrected chi connectivity index (χ0v) is 12.6. The molecule has 2 aromatic rings. The number of hydrogen-bond acceptors (Lipinski definition) is 4. The van der Waals surface area contributed by atoms with Crippen LogP contribution in [0.1, 0.15) is 21.5 Å². The SMILES string of the molecule is COc1ccc(C(=O)Nc2ccc(C#N)cc2)c(OC)c1C. The van der Waals surface area contributed by atoms with Gasteiger partial charge in [0.15, 0.2) is 0 Å². The van der Waals surface area contributed by atoms with Crippen molar-refractivity contribution in [2.45, 2.75) is 6.92 Å². The molecule has 2 rings (SSSR count). The summed E-state index contributed by atoms with van der Waals surface area (Å²) < 4.78 is 10.6. The van der Waals surface area contributed by atoms with E-state index in [1.165, 1.54) is 7.11 Å². The third-order valence-corrected chi connectivity index (χ3v) is 3.30. The molecule has 0 spiro atoms. The van der Waals surface area contributed by atoms with Crippen molar-refractivity contribution in [2.75, 3.05) is 19.5 Å². The average molecular weight is 296 g/mol. The third kappa shape index (κ3) is 3.01. The van der Waals surface area contributed by atoms with Gasteiger partial charge in [0, 0.05) is 11.3 Å². The number of ether oxygens (including phenoxy) is 2. The van der Waals surface area contributed by atoms with Crippen LogP contribution in [0.4, 0.5) is 5.69 Å². The molecule has 5 nitrogen and oxygen atoms in total. The van der Waals surface area contributed by atoms with Gasteiger partial charge in [-0.15, -0.1) is 0 Å². The number of anilines is 1. The molecule has 0 fully saturated rings. The van der Waals surface area contributed by atoms with Gasteiger partial charge in [0.2, 0.25) is 0 Å². The average Bonchev–Trinajstić information content (AvgIpc) is 2.55. The molecule has 0 aliphatic rings. The normalized spacial score (nSPS) is 9.73. The molecule has 0 heterocycles. The Morgan fingerprint density at radius 1 is 1.09 bits per heavy atom. The van der Waals surface area contributed by atoms with Crippen LogP contribution < -0.4 is 14.8 Å². The van der Waals surface area contributed by atoms with Crippen molar-refractivity contribution in [2.24, 2.45) is 0 Å². The minimum atomic E-state index is -0.285. The standard InChI is InChI=1S/C17H16N2O3/c1-11-15(21-2)9-8-14(16(11)22-3)17(20)19-13-6-4-12(10-18)5-7-13/h4-9H,1-3H3,(H,19,20). The maximum absolute atomic E-state index is 12.4. The number of amides is 1. The highest BCUT2D eigenvalue weighted by Gasteiger charge is 2.17. The van der Waals surface area contributed by atoms with Crippen molar-refractivity contribution in [1.82, 2.24) is 0 Å². The quantitative estimate of drug-likeness (QED) is 0.941. The van der Waals surface area contributed by atoms with Gasteiger partial charge in [-0.3, -0.25) is 4.79 Å². The summed E-state index contributed by atoms with van der Waals surface area (Å²) in [5.74, 6) is 0.851. The molecule has 2 aromatic carbocycles. The monoisotopic (exact) mass is 296 g/mol. The number of methoxy groups -OCH3 is 2. The molecule has 0 aliphatic carbocycles. The second-order valence-electron chi connectivity index (χ2n) is 4.62. The number of nitrogens with one attached hydrogen (secondary N) is 1. The smallest absolute Gasteiger partial charge is 0.259 e. The number of nitrogens with zero attached hydrogens (tertiary/aromatic N) is 1. The van der Waals surface area contributed by atoms with Gasteiger partial charge < -0.3 is 14.8 Å². The summed E-state index contributed by atoms with van der Waals surface area (Å²) >= 11 is 0. The Kier molecular flexibility index (Phi) is 4.64. The largest absolute Gasteiger partial charge is 0.496 e. The van der Waals surface area contributed by atoms with Gasteiger partial charge in [-0.1, -0.05) is 0 Å². The van der Waals surface area contributed by atoms with Crippen LogP contribution in [0.3, 0.4) is 0 Å². The van der Waals surface area contributed by atoms with Gasteiger partial charge in [-0.2, -0.15) is 5.26 Å². The molecule has 1 amide bonds. The highest BCUT2D eigenvalue weighted by atomic mass is 16.5. The summed E-state index contributed by atoms with van der Waals surface area (Å²) in [6.07, 6.45) is 0. The summed E-state index contributed by atoms with van der Waals surface area (Å²) in [4.78, 5) is 12.4. The van der Waals surface area contributed by atoms with E-state index in [9.17, 15) is 4.79 Å². The Balaban J connectivity index is 2.29. The maximum Gasteiger partial charge on any atom is 0.259 e. The number of benzene rings is 2. The van der Waals surface area contributed by atoms with Gasteiger partial charge in [0.05, 0.1) is 31.4 Å². The Bertz CT molecular complexity index is 731. The van der Waals surface area contributed by atoms with E-state index in [-0.39, 0.29) is 5.91 Å². The Hall–Kier alpha value is -3.00. The van der Waals surface area contributed by atoms with Crippen LogP contribution in [-0.2, 0) is 0 Å². The molecule has 22 heavy (non-hydrogen) atoms. The summed E-state index contributed by atoms with van der Waals surface area (Å²) in [5.41, 5.74) is 2.33. The maximum atomic E-state index is 12.4. The summed E-state index contributed by atoms with van der Waals surface area (Å²) in [6.45, 7) is 1.83. The minimum Gasteiger partial charge on any atom is -0.496 e. The van der Waals surface area contributed by atoms with E-state index in [2.05, 4.69) is 5.32 Å². The zero-order valence-electron chi connectivity index (χ0n) is 12.6. The minimum absolute atomic E-state index is 0.285. The first-order valence-electron chi connectivity index (χ1n) is 6.63. The van der Waals surface area contributed by atoms with E-state index in [4.69, 9.17) is 14.7 Å². The predicted octanol–water partition coefficient (Wildman–Crippen LogP) is 3.14. The molecule has 0 aromatic heterocycles. The zero-order chi connectivity index (χ0) is 16.1. The van der Waals surface area contributed by atoms with Crippen LogP contribution in [0.2, 0.25) is 0 Å². The second kappa shape index (κ2) is 6.64. The third-order valence-electron chi connectivity index (χ3n) is 3.30. The first-order valence-corrected chi connectivity index (χ1v) is 6.63. The van der Waals surface area contributed by atoms with E-state index in [0.717, 1.165) is 5.56 Å². The molecule has 0 unspecified atom stereocenters. The van der Waals surface area contributed by atoms with Crippen LogP contribution in [0.15, 0.2) is 36.4 Å². The van der Waals surface area contributed by atoms with Gasteiger partial charge in [-0.25, -0.2) is 0 Å². The number of nitriles is 1. The van der Waals surface area contributed by atoms with Gasteiger partial charge >= 0.3 is 0 Å². The molecule has 5 heteroatoms. The van der Waals surface area contributed by atoms with E-state index >= 15 is 0 Å². The van der Waals surface area contributed by atoms with Crippen molar-refractivity contribution in [3.63, 3.8) is 0 Å². The molecule has 1 N–H and O–H groups in total. The fourth-order valence-electron chi connectivity index (χ4n) is 2.16. The summed E-state index contributed by atoms with van der Waals surface area (Å²) in [5, 5.41) is 11.6. The van der Waals surface area contributed by atoms with E-state index < -0.39 is 0 Å². The van der Waals surface area contributed by atoms with Crippen LogP contribution in [0, 0.1) is 18.3 Å². The number of rotatable bonds is 4. The van der Waals surface area contributed by atoms with Crippen LogP contribution in [0.25, 0.3) is 0 Å². The van der Waals surface area contributed by atoms with Gasteiger partial charge in [-0.05, 0) is 43.3 Å². The van der Waals surface area contributed by atoms with Crippen molar-refractivity contribution in [3.8, 4) is 17.6 Å². The lowest BCUT2D eigenvalue weighted by molar-refractivity contribution is 0.102. The molecular formula is C17H16N2O3. The number of hydrogen-bond donors (Lipinski definition) is 1.